The summed E-state index contributed by atoms with van der Waals surface area (Å²) in [6, 6.07) is 4.94. The summed E-state index contributed by atoms with van der Waals surface area (Å²) >= 11 is 5.56. The summed E-state index contributed by atoms with van der Waals surface area (Å²) in [5.74, 6) is 2.84. The van der Waals surface area contributed by atoms with Gasteiger partial charge in [-0.2, -0.15) is 0 Å². The molecular weight excluding hydrogens is 306 g/mol. The lowest BCUT2D eigenvalue weighted by atomic mass is 9.96. The lowest BCUT2D eigenvalue weighted by molar-refractivity contribution is 0.215. The highest BCUT2D eigenvalue weighted by Crippen LogP contribution is 2.44. The molecule has 1 aromatic rings. The van der Waals surface area contributed by atoms with Gasteiger partial charge in [0.05, 0.1) is 12.3 Å². The van der Waals surface area contributed by atoms with Gasteiger partial charge >= 0.3 is 0 Å². The minimum atomic E-state index is 0.285. The van der Waals surface area contributed by atoms with Gasteiger partial charge in [-0.15, -0.1) is 0 Å². The SMILES string of the molecule is S=C(NC[C@@H](c1ccco1)N1CCCC1)N[C@@H]1C[C@H]2CC[C@H]1C2. The first-order valence-electron chi connectivity index (χ1n) is 9.11. The van der Waals surface area contributed by atoms with E-state index >= 15 is 0 Å². The molecule has 1 aromatic heterocycles. The molecule has 4 nitrogen and oxygen atoms in total. The highest BCUT2D eigenvalue weighted by molar-refractivity contribution is 7.80. The Hall–Kier alpha value is -1.07. The van der Waals surface area contributed by atoms with Gasteiger partial charge < -0.3 is 15.1 Å². The quantitative estimate of drug-likeness (QED) is 0.811. The van der Waals surface area contributed by atoms with Crippen LogP contribution < -0.4 is 10.6 Å². The minimum absolute atomic E-state index is 0.285. The maximum absolute atomic E-state index is 5.67. The van der Waals surface area contributed by atoms with Crippen LogP contribution in [0.3, 0.4) is 0 Å². The van der Waals surface area contributed by atoms with Crippen molar-refractivity contribution in [3.05, 3.63) is 24.2 Å². The summed E-state index contributed by atoms with van der Waals surface area (Å²) in [6.07, 6.45) is 9.86. The second-order valence-electron chi connectivity index (χ2n) is 7.41. The monoisotopic (exact) mass is 333 g/mol. The van der Waals surface area contributed by atoms with Gasteiger partial charge in [-0.3, -0.25) is 4.90 Å². The average Bonchev–Trinajstić information content (AvgIpc) is 3.33. The molecular formula is C18H27N3OS. The molecule has 1 saturated heterocycles. The third-order valence-electron chi connectivity index (χ3n) is 5.96. The molecule has 1 aliphatic heterocycles. The number of nitrogens with one attached hydrogen (secondary N) is 2. The lowest BCUT2D eigenvalue weighted by Gasteiger charge is -2.28. The molecule has 3 aliphatic rings. The van der Waals surface area contributed by atoms with Crippen LogP contribution in [0.15, 0.2) is 22.8 Å². The fourth-order valence-electron chi connectivity index (χ4n) is 4.77. The third-order valence-corrected chi connectivity index (χ3v) is 6.23. The van der Waals surface area contributed by atoms with Crippen molar-refractivity contribution in [1.29, 1.82) is 0 Å². The zero-order chi connectivity index (χ0) is 15.6. The van der Waals surface area contributed by atoms with E-state index in [-0.39, 0.29) is 6.04 Å². The predicted molar refractivity (Wildman–Crippen MR) is 95.2 cm³/mol. The predicted octanol–water partition coefficient (Wildman–Crippen LogP) is 3.07. The van der Waals surface area contributed by atoms with Crippen LogP contribution in [0.5, 0.6) is 0 Å². The molecule has 2 aliphatic carbocycles. The van der Waals surface area contributed by atoms with E-state index in [1.54, 1.807) is 6.26 Å². The number of furan rings is 1. The molecule has 2 saturated carbocycles. The fraction of sp³-hybridized carbons (Fsp3) is 0.722. The fourth-order valence-corrected chi connectivity index (χ4v) is 5.01. The van der Waals surface area contributed by atoms with Crippen molar-refractivity contribution in [3.8, 4) is 0 Å². The van der Waals surface area contributed by atoms with Gasteiger partial charge in [0.15, 0.2) is 5.11 Å². The molecule has 5 heteroatoms. The Bertz CT molecular complexity index is 526. The topological polar surface area (TPSA) is 40.4 Å². The van der Waals surface area contributed by atoms with Crippen LogP contribution in [0.25, 0.3) is 0 Å². The first-order valence-corrected chi connectivity index (χ1v) is 9.52. The summed E-state index contributed by atoms with van der Waals surface area (Å²) < 4.78 is 5.67. The van der Waals surface area contributed by atoms with Crippen molar-refractivity contribution in [3.63, 3.8) is 0 Å². The van der Waals surface area contributed by atoms with E-state index in [2.05, 4.69) is 21.6 Å². The Morgan fingerprint density at radius 3 is 2.83 bits per heavy atom. The largest absolute Gasteiger partial charge is 0.468 e. The molecule has 0 amide bonds. The zero-order valence-electron chi connectivity index (χ0n) is 13.7. The van der Waals surface area contributed by atoms with E-state index in [0.29, 0.717) is 6.04 Å². The normalized spacial score (nSPS) is 31.4. The van der Waals surface area contributed by atoms with Gasteiger partial charge in [0.1, 0.15) is 5.76 Å². The van der Waals surface area contributed by atoms with Crippen LogP contribution in [0, 0.1) is 11.8 Å². The van der Waals surface area contributed by atoms with Crippen molar-refractivity contribution in [2.24, 2.45) is 11.8 Å². The minimum Gasteiger partial charge on any atom is -0.468 e. The molecule has 23 heavy (non-hydrogen) atoms. The van der Waals surface area contributed by atoms with E-state index in [9.17, 15) is 0 Å². The highest BCUT2D eigenvalue weighted by atomic mass is 32.1. The Kier molecular flexibility index (Phi) is 4.58. The first-order chi connectivity index (χ1) is 11.3. The molecule has 0 unspecified atom stereocenters. The van der Waals surface area contributed by atoms with Crippen molar-refractivity contribution >= 4 is 17.3 Å². The van der Waals surface area contributed by atoms with Crippen LogP contribution in [-0.2, 0) is 0 Å². The van der Waals surface area contributed by atoms with Crippen molar-refractivity contribution in [1.82, 2.24) is 15.5 Å². The molecule has 4 rings (SSSR count). The number of thiocarbonyl (C=S) groups is 1. The smallest absolute Gasteiger partial charge is 0.166 e. The summed E-state index contributed by atoms with van der Waals surface area (Å²) in [7, 11) is 0. The molecule has 3 fully saturated rings. The van der Waals surface area contributed by atoms with Crippen molar-refractivity contribution < 1.29 is 4.42 Å². The van der Waals surface area contributed by atoms with E-state index < -0.39 is 0 Å². The summed E-state index contributed by atoms with van der Waals surface area (Å²) in [6.45, 7) is 3.12. The number of hydrogen-bond donors (Lipinski definition) is 2. The van der Waals surface area contributed by atoms with E-state index in [1.165, 1.54) is 38.5 Å². The van der Waals surface area contributed by atoms with Crippen molar-refractivity contribution in [2.45, 2.75) is 50.6 Å². The molecule has 2 N–H and O–H groups in total. The Balaban J connectivity index is 1.31. The summed E-state index contributed by atoms with van der Waals surface area (Å²) in [5.41, 5.74) is 0. The number of likely N-dealkylation sites (tertiary alicyclic amines) is 1. The second kappa shape index (κ2) is 6.81. The van der Waals surface area contributed by atoms with Gasteiger partial charge in [-0.1, -0.05) is 6.42 Å². The number of fused-ring (bicyclic) bond motifs is 2. The van der Waals surface area contributed by atoms with Crippen molar-refractivity contribution in [2.75, 3.05) is 19.6 Å². The van der Waals surface area contributed by atoms with Gasteiger partial charge in [-0.05, 0) is 81.4 Å². The molecule has 0 spiro atoms. The van der Waals surface area contributed by atoms with Gasteiger partial charge in [0.2, 0.25) is 0 Å². The molecule has 126 valence electrons. The Morgan fingerprint density at radius 2 is 2.17 bits per heavy atom. The standard InChI is InChI=1S/C18H27N3OS/c23-18(20-15-11-13-5-6-14(15)10-13)19-12-16(17-4-3-9-22-17)21-7-1-2-8-21/h3-4,9,13-16H,1-2,5-8,10-12H2,(H2,19,20,23)/t13-,14-,15+,16-/m0/s1. The van der Waals surface area contributed by atoms with Crippen LogP contribution in [-0.4, -0.2) is 35.7 Å². The van der Waals surface area contributed by atoms with E-state index in [0.717, 1.165) is 42.3 Å². The molecule has 4 atom stereocenters. The molecule has 2 heterocycles. The number of hydrogen-bond acceptors (Lipinski definition) is 3. The van der Waals surface area contributed by atoms with Crippen LogP contribution in [0.2, 0.25) is 0 Å². The molecule has 0 radical (unpaired) electrons. The van der Waals surface area contributed by atoms with Crippen LogP contribution >= 0.6 is 12.2 Å². The Labute approximate surface area is 144 Å². The zero-order valence-corrected chi connectivity index (χ0v) is 14.5. The highest BCUT2D eigenvalue weighted by Gasteiger charge is 2.39. The van der Waals surface area contributed by atoms with Crippen LogP contribution in [0.4, 0.5) is 0 Å². The van der Waals surface area contributed by atoms with Crippen LogP contribution in [0.1, 0.15) is 50.3 Å². The third kappa shape index (κ3) is 3.41. The van der Waals surface area contributed by atoms with Gasteiger partial charge in [0.25, 0.3) is 0 Å². The average molecular weight is 334 g/mol. The number of nitrogens with zero attached hydrogens (tertiary/aromatic N) is 1. The van der Waals surface area contributed by atoms with E-state index in [1.807, 2.05) is 6.07 Å². The molecule has 0 aromatic carbocycles. The maximum Gasteiger partial charge on any atom is 0.166 e. The van der Waals surface area contributed by atoms with Gasteiger partial charge in [-0.25, -0.2) is 0 Å². The summed E-state index contributed by atoms with van der Waals surface area (Å²) in [4.78, 5) is 2.51. The lowest BCUT2D eigenvalue weighted by Crippen LogP contribution is -2.46. The second-order valence-corrected chi connectivity index (χ2v) is 7.82. The summed E-state index contributed by atoms with van der Waals surface area (Å²) in [5, 5.41) is 7.84. The van der Waals surface area contributed by atoms with Gasteiger partial charge in [0, 0.05) is 12.6 Å². The maximum atomic E-state index is 5.67. The first kappa shape index (κ1) is 15.5. The number of rotatable bonds is 5. The Morgan fingerprint density at radius 1 is 1.30 bits per heavy atom. The molecule has 2 bridgehead atoms. The van der Waals surface area contributed by atoms with E-state index in [4.69, 9.17) is 16.6 Å².